The van der Waals surface area contributed by atoms with Gasteiger partial charge in [0.25, 0.3) is 0 Å². The zero-order chi connectivity index (χ0) is 13.9. The molecule has 1 heterocycles. The average molecular weight is 389 g/mol. The van der Waals surface area contributed by atoms with E-state index in [1.165, 1.54) is 30.7 Å². The normalized spacial score (nSPS) is 17.4. The number of anilines is 1. The molecule has 0 aromatic heterocycles. The van der Waals surface area contributed by atoms with E-state index in [1.54, 1.807) is 6.07 Å². The predicted molar refractivity (Wildman–Crippen MR) is 78.2 cm³/mol. The summed E-state index contributed by atoms with van der Waals surface area (Å²) in [7, 11) is 0. The monoisotopic (exact) mass is 389 g/mol. The van der Waals surface area contributed by atoms with Gasteiger partial charge in [-0.3, -0.25) is 4.79 Å². The number of likely N-dealkylation sites (N-methyl/N-ethyl adjacent to an activating group) is 1. The maximum Gasteiger partial charge on any atom is 0.248 e. The Morgan fingerprint density at radius 1 is 1.25 bits per heavy atom. The highest BCUT2D eigenvalue weighted by Gasteiger charge is 2.29. The smallest absolute Gasteiger partial charge is 0.248 e. The van der Waals surface area contributed by atoms with E-state index in [-0.39, 0.29) is 29.9 Å². The first-order valence-electron chi connectivity index (χ1n) is 7.10. The molecule has 0 saturated carbocycles. The van der Waals surface area contributed by atoms with Crippen LogP contribution in [-0.2, 0) is 0 Å². The number of carbonyl (C=O) groups excluding carboxylic acids is 1. The summed E-state index contributed by atoms with van der Waals surface area (Å²) in [5.41, 5.74) is 7.04. The van der Waals surface area contributed by atoms with Crippen molar-refractivity contribution >= 4 is 11.6 Å². The van der Waals surface area contributed by atoms with Crippen molar-refractivity contribution in [1.82, 2.24) is 0 Å². The number of amides is 1. The number of quaternary nitrogens is 1. The predicted octanol–water partition coefficient (Wildman–Crippen LogP) is -1.53. The van der Waals surface area contributed by atoms with Crippen LogP contribution in [0.3, 0.4) is 0 Å². The fourth-order valence-corrected chi connectivity index (χ4v) is 2.86. The third-order valence-corrected chi connectivity index (χ3v) is 4.53. The van der Waals surface area contributed by atoms with Gasteiger partial charge in [-0.1, -0.05) is 6.07 Å². The number of hydrogen-bond donors (Lipinski definition) is 1. The summed E-state index contributed by atoms with van der Waals surface area (Å²) in [4.78, 5) is 13.6. The molecule has 0 radical (unpaired) electrons. The summed E-state index contributed by atoms with van der Waals surface area (Å²) in [6, 6.07) is 7.64. The molecule has 1 fully saturated rings. The first kappa shape index (κ1) is 17.2. The van der Waals surface area contributed by atoms with Gasteiger partial charge in [-0.25, -0.2) is 0 Å². The Hall–Kier alpha value is -0.820. The van der Waals surface area contributed by atoms with E-state index >= 15 is 0 Å². The molecule has 0 spiro atoms. The molecule has 1 aliphatic heterocycles. The molecule has 0 atom stereocenters. The van der Waals surface area contributed by atoms with Crippen LogP contribution in [0.5, 0.6) is 0 Å². The summed E-state index contributed by atoms with van der Waals surface area (Å²) in [6.45, 7) is 11.4. The first-order chi connectivity index (χ1) is 9.10. The van der Waals surface area contributed by atoms with Gasteiger partial charge in [0.05, 0.1) is 39.3 Å². The highest BCUT2D eigenvalue weighted by molar-refractivity contribution is 5.93. The minimum absolute atomic E-state index is 0. The second kappa shape index (κ2) is 7.26. The number of primary amides is 1. The Morgan fingerprint density at radius 3 is 2.35 bits per heavy atom. The van der Waals surface area contributed by atoms with Gasteiger partial charge in [0, 0.05) is 11.3 Å². The van der Waals surface area contributed by atoms with Crippen molar-refractivity contribution in [3.05, 3.63) is 29.8 Å². The van der Waals surface area contributed by atoms with E-state index in [2.05, 4.69) is 24.8 Å². The van der Waals surface area contributed by atoms with E-state index in [1.807, 2.05) is 12.1 Å². The Bertz CT molecular complexity index is 450. The topological polar surface area (TPSA) is 46.3 Å². The fraction of sp³-hybridized carbons (Fsp3) is 0.533. The van der Waals surface area contributed by atoms with Crippen LogP contribution in [0, 0.1) is 0 Å². The molecule has 1 aromatic rings. The number of nitrogens with zero attached hydrogens (tertiary/aromatic N) is 2. The second-order valence-corrected chi connectivity index (χ2v) is 5.32. The lowest BCUT2D eigenvalue weighted by Gasteiger charge is -2.44. The van der Waals surface area contributed by atoms with Crippen molar-refractivity contribution in [3.63, 3.8) is 0 Å². The Labute approximate surface area is 138 Å². The van der Waals surface area contributed by atoms with E-state index in [4.69, 9.17) is 5.73 Å². The molecule has 112 valence electrons. The molecule has 0 aliphatic carbocycles. The van der Waals surface area contributed by atoms with E-state index in [9.17, 15) is 4.79 Å². The van der Waals surface area contributed by atoms with E-state index in [0.29, 0.717) is 5.56 Å². The largest absolute Gasteiger partial charge is 1.00 e. The molecule has 4 nitrogen and oxygen atoms in total. The highest BCUT2D eigenvalue weighted by atomic mass is 127. The van der Waals surface area contributed by atoms with Gasteiger partial charge in [0.1, 0.15) is 0 Å². The van der Waals surface area contributed by atoms with Crippen molar-refractivity contribution < 1.29 is 33.3 Å². The van der Waals surface area contributed by atoms with Crippen molar-refractivity contribution in [3.8, 4) is 0 Å². The van der Waals surface area contributed by atoms with Crippen LogP contribution < -0.4 is 34.6 Å². The van der Waals surface area contributed by atoms with Gasteiger partial charge in [-0.15, -0.1) is 0 Å². The zero-order valence-corrected chi connectivity index (χ0v) is 14.5. The van der Waals surface area contributed by atoms with Crippen LogP contribution in [0.25, 0.3) is 0 Å². The standard InChI is InChI=1S/C15H23N3O.HI/c1-3-18(4-2)10-8-17(9-11-18)14-7-5-6-13(12-14)15(16)19;/h5-7,12H,3-4,8-11H2,1-2H3,(H-,16,19);1H. The van der Waals surface area contributed by atoms with Crippen molar-refractivity contribution in [2.45, 2.75) is 13.8 Å². The first-order valence-corrected chi connectivity index (χ1v) is 7.10. The molecule has 0 bridgehead atoms. The summed E-state index contributed by atoms with van der Waals surface area (Å²) < 4.78 is 1.20. The summed E-state index contributed by atoms with van der Waals surface area (Å²) in [5, 5.41) is 0. The number of benzene rings is 1. The molecule has 0 unspecified atom stereocenters. The van der Waals surface area contributed by atoms with Crippen LogP contribution in [0.2, 0.25) is 0 Å². The number of rotatable bonds is 4. The molecular formula is C15H24IN3O. The number of carbonyl (C=O) groups is 1. The highest BCUT2D eigenvalue weighted by Crippen LogP contribution is 2.21. The maximum absolute atomic E-state index is 11.2. The molecular weight excluding hydrogens is 365 g/mol. The molecule has 1 aliphatic rings. The number of nitrogens with two attached hydrogens (primary N) is 1. The average Bonchev–Trinajstić information content (AvgIpc) is 2.47. The molecule has 1 amide bonds. The molecule has 5 heteroatoms. The lowest BCUT2D eigenvalue weighted by molar-refractivity contribution is -0.925. The Morgan fingerprint density at radius 2 is 1.85 bits per heavy atom. The van der Waals surface area contributed by atoms with Crippen LogP contribution in [-0.4, -0.2) is 49.7 Å². The Kier molecular flexibility index (Phi) is 6.26. The van der Waals surface area contributed by atoms with Crippen LogP contribution in [0.4, 0.5) is 5.69 Å². The van der Waals surface area contributed by atoms with E-state index in [0.717, 1.165) is 18.8 Å². The van der Waals surface area contributed by atoms with Crippen LogP contribution >= 0.6 is 0 Å². The van der Waals surface area contributed by atoms with Crippen molar-refractivity contribution in [2.24, 2.45) is 5.73 Å². The molecule has 2 N–H and O–H groups in total. The van der Waals surface area contributed by atoms with Crippen LogP contribution in [0.15, 0.2) is 24.3 Å². The van der Waals surface area contributed by atoms with Gasteiger partial charge in [0.15, 0.2) is 0 Å². The third kappa shape index (κ3) is 3.63. The Balaban J connectivity index is 0.00000200. The molecule has 20 heavy (non-hydrogen) atoms. The van der Waals surface area contributed by atoms with E-state index < -0.39 is 0 Å². The van der Waals surface area contributed by atoms with Gasteiger partial charge in [-0.2, -0.15) is 0 Å². The summed E-state index contributed by atoms with van der Waals surface area (Å²) in [5.74, 6) is -0.355. The maximum atomic E-state index is 11.2. The number of hydrogen-bond acceptors (Lipinski definition) is 2. The SMILES string of the molecule is CC[N+]1(CC)CCN(c2cccc(C(N)=O)c2)CC1.[I-]. The lowest BCUT2D eigenvalue weighted by Crippen LogP contribution is -3.00. The minimum Gasteiger partial charge on any atom is -1.00 e. The molecule has 1 aromatic carbocycles. The quantitative estimate of drug-likeness (QED) is 0.502. The number of halogens is 1. The summed E-state index contributed by atoms with van der Waals surface area (Å²) in [6.07, 6.45) is 0. The number of piperazine rings is 1. The van der Waals surface area contributed by atoms with Crippen LogP contribution in [0.1, 0.15) is 24.2 Å². The fourth-order valence-electron chi connectivity index (χ4n) is 2.86. The second-order valence-electron chi connectivity index (χ2n) is 5.32. The molecule has 1 saturated heterocycles. The van der Waals surface area contributed by atoms with Gasteiger partial charge < -0.3 is 39.1 Å². The third-order valence-electron chi connectivity index (χ3n) is 4.53. The van der Waals surface area contributed by atoms with Gasteiger partial charge in [0.2, 0.25) is 5.91 Å². The van der Waals surface area contributed by atoms with Crippen molar-refractivity contribution in [1.29, 1.82) is 0 Å². The zero-order valence-electron chi connectivity index (χ0n) is 12.3. The summed E-state index contributed by atoms with van der Waals surface area (Å²) >= 11 is 0. The van der Waals surface area contributed by atoms with Gasteiger partial charge >= 0.3 is 0 Å². The lowest BCUT2D eigenvalue weighted by atomic mass is 10.1. The van der Waals surface area contributed by atoms with Gasteiger partial charge in [-0.05, 0) is 32.0 Å². The molecule has 2 rings (SSSR count). The van der Waals surface area contributed by atoms with Crippen molar-refractivity contribution in [2.75, 3.05) is 44.2 Å². The minimum atomic E-state index is -0.355.